The van der Waals surface area contributed by atoms with Gasteiger partial charge in [0.2, 0.25) is 0 Å². The van der Waals surface area contributed by atoms with Gasteiger partial charge in [-0.05, 0) is 45.7 Å². The Hall–Kier alpha value is -0.880. The van der Waals surface area contributed by atoms with Crippen LogP contribution in [-0.2, 0) is 4.79 Å². The second-order valence-corrected chi connectivity index (χ2v) is 5.06. The summed E-state index contributed by atoms with van der Waals surface area (Å²) >= 11 is 0. The van der Waals surface area contributed by atoms with Crippen molar-refractivity contribution < 1.29 is 4.79 Å². The highest BCUT2D eigenvalue weighted by Crippen LogP contribution is 2.20. The van der Waals surface area contributed by atoms with E-state index in [-0.39, 0.29) is 0 Å². The summed E-state index contributed by atoms with van der Waals surface area (Å²) in [6, 6.07) is 2.64. The standard InChI is InChI=1S/C14H24N2O/c1-13(17)12-14-8-4-2-6-10-16(14)11-7-3-5-9-15/h14H,2-8,10-12H2,1H3. The Bertz CT molecular complexity index is 270. The molecule has 1 aliphatic rings. The van der Waals surface area contributed by atoms with Gasteiger partial charge in [-0.25, -0.2) is 0 Å². The first kappa shape index (κ1) is 14.2. The fourth-order valence-electron chi connectivity index (χ4n) is 2.61. The van der Waals surface area contributed by atoms with Crippen LogP contribution in [0.5, 0.6) is 0 Å². The van der Waals surface area contributed by atoms with Crippen molar-refractivity contribution in [3.8, 4) is 6.07 Å². The molecule has 3 heteroatoms. The smallest absolute Gasteiger partial charge is 0.131 e. The number of unbranched alkanes of at least 4 members (excludes halogenated alkanes) is 2. The van der Waals surface area contributed by atoms with Gasteiger partial charge < -0.3 is 0 Å². The highest BCUT2D eigenvalue weighted by Gasteiger charge is 2.21. The van der Waals surface area contributed by atoms with Crippen LogP contribution in [0, 0.1) is 11.3 Å². The van der Waals surface area contributed by atoms with Crippen LogP contribution in [0.25, 0.3) is 0 Å². The molecular formula is C14H24N2O. The van der Waals surface area contributed by atoms with Gasteiger partial charge >= 0.3 is 0 Å². The van der Waals surface area contributed by atoms with E-state index in [1.807, 2.05) is 0 Å². The normalized spacial score (nSPS) is 21.8. The maximum absolute atomic E-state index is 11.3. The van der Waals surface area contributed by atoms with Gasteiger partial charge in [0, 0.05) is 18.9 Å². The summed E-state index contributed by atoms with van der Waals surface area (Å²) in [5, 5.41) is 8.51. The first-order valence-corrected chi connectivity index (χ1v) is 6.84. The molecule has 0 aromatic heterocycles. The molecule has 0 saturated carbocycles. The summed E-state index contributed by atoms with van der Waals surface area (Å²) in [6.45, 7) is 3.88. The lowest BCUT2D eigenvalue weighted by molar-refractivity contribution is -0.118. The lowest BCUT2D eigenvalue weighted by atomic mass is 10.0. The van der Waals surface area contributed by atoms with Crippen LogP contribution in [0.15, 0.2) is 0 Å². The first-order chi connectivity index (χ1) is 8.24. The second-order valence-electron chi connectivity index (χ2n) is 5.06. The molecule has 1 atom stereocenters. The molecule has 1 fully saturated rings. The molecule has 0 radical (unpaired) electrons. The monoisotopic (exact) mass is 236 g/mol. The molecule has 1 aliphatic heterocycles. The maximum Gasteiger partial charge on any atom is 0.131 e. The van der Waals surface area contributed by atoms with Gasteiger partial charge in [-0.2, -0.15) is 5.26 Å². The summed E-state index contributed by atoms with van der Waals surface area (Å²) in [4.78, 5) is 13.8. The van der Waals surface area contributed by atoms with Gasteiger partial charge in [-0.3, -0.25) is 9.69 Å². The minimum atomic E-state index is 0.305. The maximum atomic E-state index is 11.3. The summed E-state index contributed by atoms with van der Waals surface area (Å²) in [6.07, 6.45) is 8.41. The molecule has 17 heavy (non-hydrogen) atoms. The number of rotatable bonds is 6. The van der Waals surface area contributed by atoms with Crippen molar-refractivity contribution in [3.63, 3.8) is 0 Å². The molecular weight excluding hydrogens is 212 g/mol. The molecule has 0 aliphatic carbocycles. The summed E-state index contributed by atoms with van der Waals surface area (Å²) in [5.74, 6) is 0.305. The van der Waals surface area contributed by atoms with Crippen LogP contribution in [-0.4, -0.2) is 29.8 Å². The van der Waals surface area contributed by atoms with E-state index in [1.165, 1.54) is 19.3 Å². The molecule has 0 amide bonds. The van der Waals surface area contributed by atoms with E-state index in [4.69, 9.17) is 5.26 Å². The predicted octanol–water partition coefficient (Wildman–Crippen LogP) is 2.90. The quantitative estimate of drug-likeness (QED) is 0.666. The molecule has 0 spiro atoms. The number of ketones is 1. The van der Waals surface area contributed by atoms with Crippen LogP contribution in [0.2, 0.25) is 0 Å². The Morgan fingerprint density at radius 1 is 1.35 bits per heavy atom. The van der Waals surface area contributed by atoms with Gasteiger partial charge in [0.15, 0.2) is 0 Å². The third-order valence-electron chi connectivity index (χ3n) is 3.51. The largest absolute Gasteiger partial charge is 0.300 e. The van der Waals surface area contributed by atoms with Crippen LogP contribution in [0.1, 0.15) is 58.3 Å². The number of Topliss-reactive ketones (excluding diaryl/α,β-unsaturated/α-hetero) is 1. The third-order valence-corrected chi connectivity index (χ3v) is 3.51. The van der Waals surface area contributed by atoms with Crippen molar-refractivity contribution in [1.29, 1.82) is 5.26 Å². The number of carbonyl (C=O) groups excluding carboxylic acids is 1. The van der Waals surface area contributed by atoms with Crippen LogP contribution in [0.3, 0.4) is 0 Å². The molecule has 3 nitrogen and oxygen atoms in total. The van der Waals surface area contributed by atoms with Gasteiger partial charge in [-0.15, -0.1) is 0 Å². The third kappa shape index (κ3) is 5.83. The number of nitrogens with zero attached hydrogens (tertiary/aromatic N) is 2. The number of carbonyl (C=O) groups is 1. The summed E-state index contributed by atoms with van der Waals surface area (Å²) < 4.78 is 0. The lowest BCUT2D eigenvalue weighted by Gasteiger charge is -2.29. The Kier molecular flexibility index (Phi) is 6.88. The number of hydrogen-bond acceptors (Lipinski definition) is 3. The molecule has 1 rings (SSSR count). The SMILES string of the molecule is CC(=O)CC1CCCCCN1CCCCC#N. The van der Waals surface area contributed by atoms with Crippen LogP contribution in [0.4, 0.5) is 0 Å². The highest BCUT2D eigenvalue weighted by molar-refractivity contribution is 5.76. The van der Waals surface area contributed by atoms with E-state index in [2.05, 4.69) is 11.0 Å². The fraction of sp³-hybridized carbons (Fsp3) is 0.857. The number of hydrogen-bond donors (Lipinski definition) is 0. The van der Waals surface area contributed by atoms with E-state index in [0.717, 1.165) is 32.4 Å². The Labute approximate surface area is 105 Å². The number of likely N-dealkylation sites (tertiary alicyclic amines) is 1. The van der Waals surface area contributed by atoms with Crippen molar-refractivity contribution in [1.82, 2.24) is 4.90 Å². The molecule has 0 aromatic carbocycles. The number of nitriles is 1. The molecule has 0 N–H and O–H groups in total. The van der Waals surface area contributed by atoms with Crippen LogP contribution >= 0.6 is 0 Å². The minimum Gasteiger partial charge on any atom is -0.300 e. The van der Waals surface area contributed by atoms with E-state index < -0.39 is 0 Å². The average Bonchev–Trinajstić information content (AvgIpc) is 2.50. The van der Waals surface area contributed by atoms with E-state index in [0.29, 0.717) is 24.7 Å². The Morgan fingerprint density at radius 3 is 2.88 bits per heavy atom. The Morgan fingerprint density at radius 2 is 2.18 bits per heavy atom. The fourth-order valence-corrected chi connectivity index (χ4v) is 2.61. The van der Waals surface area contributed by atoms with E-state index in [1.54, 1.807) is 6.92 Å². The topological polar surface area (TPSA) is 44.1 Å². The molecule has 1 heterocycles. The average molecular weight is 236 g/mol. The first-order valence-electron chi connectivity index (χ1n) is 6.84. The zero-order chi connectivity index (χ0) is 12.5. The Balaban J connectivity index is 2.38. The molecule has 0 bridgehead atoms. The van der Waals surface area contributed by atoms with Crippen molar-refractivity contribution in [2.24, 2.45) is 0 Å². The van der Waals surface area contributed by atoms with Gasteiger partial charge in [0.05, 0.1) is 6.07 Å². The zero-order valence-corrected chi connectivity index (χ0v) is 11.0. The van der Waals surface area contributed by atoms with Gasteiger partial charge in [-0.1, -0.05) is 12.8 Å². The van der Waals surface area contributed by atoms with Crippen molar-refractivity contribution in [2.75, 3.05) is 13.1 Å². The lowest BCUT2D eigenvalue weighted by Crippen LogP contribution is -2.36. The van der Waals surface area contributed by atoms with Crippen molar-refractivity contribution in [2.45, 2.75) is 64.3 Å². The summed E-state index contributed by atoms with van der Waals surface area (Å²) in [7, 11) is 0. The predicted molar refractivity (Wildman–Crippen MR) is 68.6 cm³/mol. The van der Waals surface area contributed by atoms with E-state index >= 15 is 0 Å². The van der Waals surface area contributed by atoms with Gasteiger partial charge in [0.1, 0.15) is 5.78 Å². The second kappa shape index (κ2) is 8.25. The molecule has 1 unspecified atom stereocenters. The summed E-state index contributed by atoms with van der Waals surface area (Å²) in [5.41, 5.74) is 0. The zero-order valence-electron chi connectivity index (χ0n) is 11.0. The van der Waals surface area contributed by atoms with E-state index in [9.17, 15) is 4.79 Å². The van der Waals surface area contributed by atoms with Crippen molar-refractivity contribution in [3.05, 3.63) is 0 Å². The highest BCUT2D eigenvalue weighted by atomic mass is 16.1. The molecule has 0 aromatic rings. The van der Waals surface area contributed by atoms with Gasteiger partial charge in [0.25, 0.3) is 0 Å². The molecule has 96 valence electrons. The van der Waals surface area contributed by atoms with Crippen molar-refractivity contribution >= 4 is 5.78 Å². The molecule has 1 saturated heterocycles. The van der Waals surface area contributed by atoms with Crippen LogP contribution < -0.4 is 0 Å². The minimum absolute atomic E-state index is 0.305.